The van der Waals surface area contributed by atoms with Gasteiger partial charge in [-0.15, -0.1) is 0 Å². The van der Waals surface area contributed by atoms with Crippen molar-refractivity contribution in [1.82, 2.24) is 10.6 Å². The first-order valence-corrected chi connectivity index (χ1v) is 10.3. The van der Waals surface area contributed by atoms with Gasteiger partial charge in [-0.05, 0) is 54.7 Å². The molecule has 1 saturated carbocycles. The number of guanidine groups is 1. The van der Waals surface area contributed by atoms with E-state index in [-0.39, 0.29) is 12.5 Å². The van der Waals surface area contributed by atoms with Crippen molar-refractivity contribution < 1.29 is 19.0 Å². The molecule has 0 aliphatic heterocycles. The number of aliphatic imine (C=N–C) groups is 1. The van der Waals surface area contributed by atoms with Crippen LogP contribution in [0.15, 0.2) is 47.5 Å². The summed E-state index contributed by atoms with van der Waals surface area (Å²) in [7, 11) is 3.21. The second-order valence-electron chi connectivity index (χ2n) is 7.34. The van der Waals surface area contributed by atoms with Gasteiger partial charge in [0.15, 0.2) is 24.1 Å². The van der Waals surface area contributed by atoms with Crippen LogP contribution in [0.2, 0.25) is 0 Å². The van der Waals surface area contributed by atoms with Gasteiger partial charge in [0.2, 0.25) is 0 Å². The Morgan fingerprint density at radius 1 is 1.06 bits per heavy atom. The SMILES string of the molecule is COc1ccc(CN=C(N)NCCc2ccc(OCC(=O)NC3CC3)cc2)cc1OC. The molecule has 1 amide bonds. The molecule has 8 heteroatoms. The standard InChI is InChI=1S/C23H30N4O4/c1-29-20-10-5-17(13-21(20)30-2)14-26-23(24)25-12-11-16-3-8-19(9-4-16)31-15-22(28)27-18-6-7-18/h3-5,8-10,13,18H,6-7,11-12,14-15H2,1-2H3,(H,27,28)(H3,24,25,26). The molecule has 3 rings (SSSR count). The van der Waals surface area contributed by atoms with E-state index in [1.165, 1.54) is 0 Å². The summed E-state index contributed by atoms with van der Waals surface area (Å²) in [5.41, 5.74) is 8.08. The van der Waals surface area contributed by atoms with E-state index in [0.29, 0.717) is 42.3 Å². The monoisotopic (exact) mass is 426 g/mol. The summed E-state index contributed by atoms with van der Waals surface area (Å²) in [6.45, 7) is 1.15. The van der Waals surface area contributed by atoms with Crippen molar-refractivity contribution in [3.63, 3.8) is 0 Å². The van der Waals surface area contributed by atoms with Gasteiger partial charge in [0, 0.05) is 12.6 Å². The predicted molar refractivity (Wildman–Crippen MR) is 120 cm³/mol. The van der Waals surface area contributed by atoms with Crippen LogP contribution < -0.4 is 30.6 Å². The zero-order valence-corrected chi connectivity index (χ0v) is 18.0. The molecule has 8 nitrogen and oxygen atoms in total. The first-order valence-electron chi connectivity index (χ1n) is 10.3. The number of carbonyl (C=O) groups is 1. The molecule has 0 saturated heterocycles. The Morgan fingerprint density at radius 2 is 1.77 bits per heavy atom. The Hall–Kier alpha value is -3.42. The molecule has 166 valence electrons. The normalized spacial score (nSPS) is 13.4. The maximum atomic E-state index is 11.7. The van der Waals surface area contributed by atoms with Crippen molar-refractivity contribution in [2.24, 2.45) is 10.7 Å². The highest BCUT2D eigenvalue weighted by atomic mass is 16.5. The number of amides is 1. The third-order valence-corrected chi connectivity index (χ3v) is 4.84. The van der Waals surface area contributed by atoms with E-state index in [2.05, 4.69) is 15.6 Å². The van der Waals surface area contributed by atoms with Gasteiger partial charge in [-0.2, -0.15) is 0 Å². The highest BCUT2D eigenvalue weighted by Gasteiger charge is 2.23. The highest BCUT2D eigenvalue weighted by Crippen LogP contribution is 2.27. The van der Waals surface area contributed by atoms with E-state index in [1.807, 2.05) is 42.5 Å². The summed E-state index contributed by atoms with van der Waals surface area (Å²) < 4.78 is 16.1. The van der Waals surface area contributed by atoms with Gasteiger partial charge in [-0.1, -0.05) is 18.2 Å². The van der Waals surface area contributed by atoms with E-state index in [1.54, 1.807) is 14.2 Å². The first kappa shape index (κ1) is 22.3. The third-order valence-electron chi connectivity index (χ3n) is 4.84. The topological polar surface area (TPSA) is 107 Å². The molecule has 31 heavy (non-hydrogen) atoms. The molecule has 1 fully saturated rings. The van der Waals surface area contributed by atoms with E-state index in [4.69, 9.17) is 19.9 Å². The van der Waals surface area contributed by atoms with Gasteiger partial charge in [0.25, 0.3) is 5.91 Å². The van der Waals surface area contributed by atoms with Crippen molar-refractivity contribution >= 4 is 11.9 Å². The number of nitrogens with one attached hydrogen (secondary N) is 2. The average molecular weight is 427 g/mol. The van der Waals surface area contributed by atoms with E-state index >= 15 is 0 Å². The van der Waals surface area contributed by atoms with E-state index in [0.717, 1.165) is 30.4 Å². The Morgan fingerprint density at radius 3 is 2.45 bits per heavy atom. The maximum absolute atomic E-state index is 11.7. The molecule has 0 radical (unpaired) electrons. The molecule has 0 heterocycles. The lowest BCUT2D eigenvalue weighted by Gasteiger charge is -2.10. The van der Waals surface area contributed by atoms with Gasteiger partial charge in [0.05, 0.1) is 20.8 Å². The molecule has 1 aliphatic carbocycles. The number of methoxy groups -OCH3 is 2. The maximum Gasteiger partial charge on any atom is 0.258 e. The fraction of sp³-hybridized carbons (Fsp3) is 0.391. The van der Waals surface area contributed by atoms with Crippen LogP contribution in [-0.4, -0.2) is 45.3 Å². The highest BCUT2D eigenvalue weighted by molar-refractivity contribution is 5.78. The van der Waals surface area contributed by atoms with Crippen molar-refractivity contribution in [2.75, 3.05) is 27.4 Å². The molecule has 0 aromatic heterocycles. The second kappa shape index (κ2) is 11.1. The van der Waals surface area contributed by atoms with Gasteiger partial charge < -0.3 is 30.6 Å². The Bertz CT molecular complexity index is 895. The lowest BCUT2D eigenvalue weighted by molar-refractivity contribution is -0.123. The zero-order chi connectivity index (χ0) is 22.1. The number of ether oxygens (including phenoxy) is 3. The van der Waals surface area contributed by atoms with E-state index in [9.17, 15) is 4.79 Å². The minimum absolute atomic E-state index is 0.0461. The molecule has 4 N–H and O–H groups in total. The fourth-order valence-corrected chi connectivity index (χ4v) is 2.94. The summed E-state index contributed by atoms with van der Waals surface area (Å²) in [6.07, 6.45) is 2.93. The lowest BCUT2D eigenvalue weighted by atomic mass is 10.1. The molecule has 1 aliphatic rings. The summed E-state index contributed by atoms with van der Waals surface area (Å²) in [6, 6.07) is 13.7. The van der Waals surface area contributed by atoms with Crippen LogP contribution in [-0.2, 0) is 17.8 Å². The Balaban J connectivity index is 1.38. The molecule has 0 unspecified atom stereocenters. The molecule has 2 aromatic carbocycles. The molecule has 0 spiro atoms. The Kier molecular flexibility index (Phi) is 7.98. The van der Waals surface area contributed by atoms with Crippen molar-refractivity contribution in [3.05, 3.63) is 53.6 Å². The van der Waals surface area contributed by atoms with Crippen LogP contribution in [0.1, 0.15) is 24.0 Å². The third kappa shape index (κ3) is 7.40. The number of benzene rings is 2. The quantitative estimate of drug-likeness (QED) is 0.375. The average Bonchev–Trinajstić information content (AvgIpc) is 3.60. The summed E-state index contributed by atoms with van der Waals surface area (Å²) in [5, 5.41) is 6.02. The van der Waals surface area contributed by atoms with Gasteiger partial charge in [-0.25, -0.2) is 4.99 Å². The largest absolute Gasteiger partial charge is 0.493 e. The second-order valence-corrected chi connectivity index (χ2v) is 7.34. The fourth-order valence-electron chi connectivity index (χ4n) is 2.94. The number of nitrogens with two attached hydrogens (primary N) is 1. The van der Waals surface area contributed by atoms with Crippen molar-refractivity contribution in [2.45, 2.75) is 31.8 Å². The number of nitrogens with zero attached hydrogens (tertiary/aromatic N) is 1. The number of carbonyl (C=O) groups excluding carboxylic acids is 1. The van der Waals surface area contributed by atoms with Crippen LogP contribution in [0.4, 0.5) is 0 Å². The van der Waals surface area contributed by atoms with Crippen LogP contribution in [0.25, 0.3) is 0 Å². The summed E-state index contributed by atoms with van der Waals surface area (Å²) >= 11 is 0. The van der Waals surface area contributed by atoms with Gasteiger partial charge in [0.1, 0.15) is 5.75 Å². The minimum Gasteiger partial charge on any atom is -0.493 e. The predicted octanol–water partition coefficient (Wildman–Crippen LogP) is 2.01. The molecule has 0 atom stereocenters. The van der Waals surface area contributed by atoms with Crippen LogP contribution in [0.5, 0.6) is 17.2 Å². The lowest BCUT2D eigenvalue weighted by Crippen LogP contribution is -2.33. The van der Waals surface area contributed by atoms with Crippen LogP contribution in [0, 0.1) is 0 Å². The van der Waals surface area contributed by atoms with Crippen molar-refractivity contribution in [3.8, 4) is 17.2 Å². The number of hydrogen-bond acceptors (Lipinski definition) is 5. The van der Waals surface area contributed by atoms with Crippen LogP contribution in [0.3, 0.4) is 0 Å². The van der Waals surface area contributed by atoms with Crippen LogP contribution >= 0.6 is 0 Å². The molecule has 0 bridgehead atoms. The first-order chi connectivity index (χ1) is 15.1. The minimum atomic E-state index is -0.0707. The molecular formula is C23H30N4O4. The number of rotatable bonds is 11. The Labute approximate surface area is 182 Å². The smallest absolute Gasteiger partial charge is 0.258 e. The van der Waals surface area contributed by atoms with Crippen molar-refractivity contribution in [1.29, 1.82) is 0 Å². The summed E-state index contributed by atoms with van der Waals surface area (Å²) in [4.78, 5) is 16.0. The van der Waals surface area contributed by atoms with Gasteiger partial charge >= 0.3 is 0 Å². The summed E-state index contributed by atoms with van der Waals surface area (Å²) in [5.74, 6) is 2.34. The van der Waals surface area contributed by atoms with E-state index < -0.39 is 0 Å². The zero-order valence-electron chi connectivity index (χ0n) is 18.0. The molecule has 2 aromatic rings. The number of hydrogen-bond donors (Lipinski definition) is 3. The molecular weight excluding hydrogens is 396 g/mol. The van der Waals surface area contributed by atoms with Gasteiger partial charge in [-0.3, -0.25) is 4.79 Å².